The lowest BCUT2D eigenvalue weighted by molar-refractivity contribution is -0.154. The van der Waals surface area contributed by atoms with Gasteiger partial charge in [-0.25, -0.2) is 14.0 Å². The lowest BCUT2D eigenvalue weighted by atomic mass is 9.97. The van der Waals surface area contributed by atoms with Gasteiger partial charge in [-0.05, 0) is 84.4 Å². The van der Waals surface area contributed by atoms with Crippen LogP contribution in [0.1, 0.15) is 72.3 Å². The molecule has 1 amide bonds. The van der Waals surface area contributed by atoms with E-state index < -0.39 is 23.5 Å². The molecule has 1 fully saturated rings. The Kier molecular flexibility index (Phi) is 6.57. The van der Waals surface area contributed by atoms with Crippen molar-refractivity contribution in [2.45, 2.75) is 84.0 Å². The van der Waals surface area contributed by atoms with Crippen LogP contribution in [0, 0.1) is 5.82 Å². The summed E-state index contributed by atoms with van der Waals surface area (Å²) in [5.41, 5.74) is -0.632. The maximum Gasteiger partial charge on any atom is 0.534 e. The highest BCUT2D eigenvalue weighted by molar-refractivity contribution is 5.70. The number of halogens is 1. The molecule has 28 heavy (non-hydrogen) atoms. The Bertz CT molecular complexity index is 707. The molecule has 0 spiro atoms. The second-order valence-electron chi connectivity index (χ2n) is 9.08. The van der Waals surface area contributed by atoms with Gasteiger partial charge in [-0.1, -0.05) is 12.1 Å². The Morgan fingerprint density at radius 1 is 1.04 bits per heavy atom. The number of ether oxygens (including phenoxy) is 2. The minimum atomic E-state index is -0.965. The first-order valence-corrected chi connectivity index (χ1v) is 9.53. The van der Waals surface area contributed by atoms with E-state index in [2.05, 4.69) is 0 Å². The molecule has 1 aliphatic rings. The molecule has 0 aliphatic heterocycles. The number of amides is 1. The first-order valence-electron chi connectivity index (χ1n) is 9.53. The summed E-state index contributed by atoms with van der Waals surface area (Å²) in [6.45, 7) is 10.3. The monoisotopic (exact) mass is 395 g/mol. The van der Waals surface area contributed by atoms with Crippen molar-refractivity contribution in [3.05, 3.63) is 35.6 Å². The summed E-state index contributed by atoms with van der Waals surface area (Å²) in [7, 11) is 0. The molecule has 0 aromatic heterocycles. The highest BCUT2D eigenvalue weighted by Crippen LogP contribution is 2.37. The quantitative estimate of drug-likeness (QED) is 0.484. The van der Waals surface area contributed by atoms with E-state index in [-0.39, 0.29) is 17.8 Å². The molecular weight excluding hydrogens is 365 g/mol. The average Bonchev–Trinajstić information content (AvgIpc) is 2.98. The van der Waals surface area contributed by atoms with E-state index in [0.717, 1.165) is 17.0 Å². The Labute approximate surface area is 165 Å². The van der Waals surface area contributed by atoms with Crippen LogP contribution in [0.3, 0.4) is 0 Å². The summed E-state index contributed by atoms with van der Waals surface area (Å²) < 4.78 is 24.1. The maximum absolute atomic E-state index is 13.5. The molecule has 1 aromatic carbocycles. The van der Waals surface area contributed by atoms with E-state index in [1.807, 2.05) is 6.07 Å². The van der Waals surface area contributed by atoms with Gasteiger partial charge in [0.15, 0.2) is 0 Å². The van der Waals surface area contributed by atoms with Crippen LogP contribution in [-0.4, -0.2) is 34.6 Å². The van der Waals surface area contributed by atoms with Crippen LogP contribution in [0.5, 0.6) is 0 Å². The maximum atomic E-state index is 13.5. The van der Waals surface area contributed by atoms with Crippen LogP contribution < -0.4 is 0 Å². The summed E-state index contributed by atoms with van der Waals surface area (Å²) >= 11 is 0. The van der Waals surface area contributed by atoms with Crippen molar-refractivity contribution in [3.63, 3.8) is 0 Å². The zero-order chi connectivity index (χ0) is 21.1. The van der Waals surface area contributed by atoms with E-state index >= 15 is 0 Å². The topological polar surface area (TPSA) is 65.1 Å². The third-order valence-electron chi connectivity index (χ3n) is 4.19. The number of carbonyl (C=O) groups is 2. The van der Waals surface area contributed by atoms with Gasteiger partial charge in [0.2, 0.25) is 0 Å². The van der Waals surface area contributed by atoms with Crippen LogP contribution in [0.2, 0.25) is 0 Å². The Morgan fingerprint density at radius 2 is 1.68 bits per heavy atom. The summed E-state index contributed by atoms with van der Waals surface area (Å²) in [5, 5.41) is 0.971. The van der Waals surface area contributed by atoms with Crippen LogP contribution in [-0.2, 0) is 14.3 Å². The van der Waals surface area contributed by atoms with Gasteiger partial charge >= 0.3 is 12.2 Å². The number of hydroxylamine groups is 2. The number of rotatable bonds is 2. The fourth-order valence-electron chi connectivity index (χ4n) is 3.15. The Morgan fingerprint density at radius 3 is 2.25 bits per heavy atom. The minimum absolute atomic E-state index is 0.0628. The van der Waals surface area contributed by atoms with Gasteiger partial charge in [-0.3, -0.25) is 4.84 Å². The third-order valence-corrected chi connectivity index (χ3v) is 4.19. The van der Waals surface area contributed by atoms with Crippen molar-refractivity contribution >= 4 is 12.2 Å². The molecule has 0 radical (unpaired) electrons. The molecule has 6 nitrogen and oxygen atoms in total. The highest BCUT2D eigenvalue weighted by atomic mass is 19.1. The zero-order valence-corrected chi connectivity index (χ0v) is 17.5. The molecule has 1 aromatic rings. The molecule has 0 bridgehead atoms. The summed E-state index contributed by atoms with van der Waals surface area (Å²) in [6.07, 6.45) is 0.163. The van der Waals surface area contributed by atoms with E-state index in [1.165, 1.54) is 12.1 Å². The van der Waals surface area contributed by atoms with Gasteiger partial charge in [0, 0.05) is 0 Å². The molecule has 0 N–H and O–H groups in total. The predicted octanol–water partition coefficient (Wildman–Crippen LogP) is 5.57. The number of hydrogen-bond donors (Lipinski definition) is 0. The SMILES string of the molecule is CC(C)(C)OC(=O)ON(C(=O)OC(C)(C)C)[C@@H]1CC[C@H](c2cccc(F)c2)C1. The minimum Gasteiger partial charge on any atom is -0.442 e. The van der Waals surface area contributed by atoms with Gasteiger partial charge in [0.05, 0.1) is 6.04 Å². The normalized spacial score (nSPS) is 19.8. The van der Waals surface area contributed by atoms with Crippen LogP contribution in [0.4, 0.5) is 14.0 Å². The number of nitrogens with zero attached hydrogens (tertiary/aromatic N) is 1. The molecule has 0 saturated heterocycles. The lowest BCUT2D eigenvalue weighted by Crippen LogP contribution is -2.44. The molecule has 1 saturated carbocycles. The molecule has 0 unspecified atom stereocenters. The molecule has 2 rings (SSSR count). The first-order chi connectivity index (χ1) is 12.8. The molecule has 2 atom stereocenters. The largest absolute Gasteiger partial charge is 0.534 e. The van der Waals surface area contributed by atoms with Crippen molar-refractivity contribution in [2.75, 3.05) is 0 Å². The summed E-state index contributed by atoms with van der Waals surface area (Å²) in [6, 6.07) is 6.05. The van der Waals surface area contributed by atoms with Crippen LogP contribution in [0.25, 0.3) is 0 Å². The van der Waals surface area contributed by atoms with Crippen molar-refractivity contribution in [1.82, 2.24) is 5.06 Å². The van der Waals surface area contributed by atoms with Gasteiger partial charge < -0.3 is 9.47 Å². The van der Waals surface area contributed by atoms with Crippen molar-refractivity contribution in [2.24, 2.45) is 0 Å². The number of hydrogen-bond acceptors (Lipinski definition) is 5. The average molecular weight is 395 g/mol. The van der Waals surface area contributed by atoms with E-state index in [4.69, 9.17) is 14.3 Å². The fourth-order valence-corrected chi connectivity index (χ4v) is 3.15. The number of benzene rings is 1. The van der Waals surface area contributed by atoms with Gasteiger partial charge in [-0.2, -0.15) is 0 Å². The van der Waals surface area contributed by atoms with Crippen LogP contribution in [0.15, 0.2) is 24.3 Å². The van der Waals surface area contributed by atoms with Crippen molar-refractivity contribution in [3.8, 4) is 0 Å². The van der Waals surface area contributed by atoms with Crippen molar-refractivity contribution in [1.29, 1.82) is 0 Å². The van der Waals surface area contributed by atoms with E-state index in [0.29, 0.717) is 12.8 Å². The summed E-state index contributed by atoms with van der Waals surface area (Å²) in [5.74, 6) is -0.233. The third kappa shape index (κ3) is 6.69. The summed E-state index contributed by atoms with van der Waals surface area (Å²) in [4.78, 5) is 30.1. The van der Waals surface area contributed by atoms with E-state index in [9.17, 15) is 14.0 Å². The second-order valence-corrected chi connectivity index (χ2v) is 9.08. The fraction of sp³-hybridized carbons (Fsp3) is 0.619. The van der Waals surface area contributed by atoms with Crippen molar-refractivity contribution < 1.29 is 28.3 Å². The Balaban J connectivity index is 2.14. The first kappa shape index (κ1) is 22.0. The molecule has 1 aliphatic carbocycles. The lowest BCUT2D eigenvalue weighted by Gasteiger charge is -2.30. The number of carbonyl (C=O) groups excluding carboxylic acids is 2. The molecule has 0 heterocycles. The van der Waals surface area contributed by atoms with Gasteiger partial charge in [0.1, 0.15) is 17.0 Å². The Hall–Kier alpha value is -2.31. The highest BCUT2D eigenvalue weighted by Gasteiger charge is 2.38. The zero-order valence-electron chi connectivity index (χ0n) is 17.5. The standard InChI is InChI=1S/C21H30FNO5/c1-20(2,3)26-18(24)23(28-19(25)27-21(4,5)6)17-11-10-15(13-17)14-8-7-9-16(22)12-14/h7-9,12,15,17H,10-11,13H2,1-6H3/t15-,17+/m0/s1. The molecule has 156 valence electrons. The smallest absolute Gasteiger partial charge is 0.442 e. The van der Waals surface area contributed by atoms with E-state index in [1.54, 1.807) is 47.6 Å². The molecular formula is C21H30FNO5. The second kappa shape index (κ2) is 8.37. The van der Waals surface area contributed by atoms with Gasteiger partial charge in [0.25, 0.3) is 0 Å². The van der Waals surface area contributed by atoms with Gasteiger partial charge in [-0.15, -0.1) is 5.06 Å². The predicted molar refractivity (Wildman–Crippen MR) is 102 cm³/mol. The molecule has 7 heteroatoms. The van der Waals surface area contributed by atoms with Crippen LogP contribution >= 0.6 is 0 Å².